The van der Waals surface area contributed by atoms with Crippen molar-refractivity contribution < 1.29 is 9.90 Å². The molecule has 2 rings (SSSR count). The zero-order valence-corrected chi connectivity index (χ0v) is 13.5. The Morgan fingerprint density at radius 3 is 2.95 bits per heavy atom. The monoisotopic (exact) mass is 321 g/mol. The first-order valence-corrected chi connectivity index (χ1v) is 7.67. The van der Waals surface area contributed by atoms with Crippen LogP contribution >= 0.6 is 11.6 Å². The molecule has 1 unspecified atom stereocenters. The summed E-state index contributed by atoms with van der Waals surface area (Å²) in [6.07, 6.45) is 2.55. The smallest absolute Gasteiger partial charge is 0.254 e. The third kappa shape index (κ3) is 3.87. The number of hydrogen-bond acceptors (Lipinski definition) is 3. The molecule has 6 heteroatoms. The van der Waals surface area contributed by atoms with E-state index in [1.165, 1.54) is 6.20 Å². The molecule has 1 aromatic carbocycles. The van der Waals surface area contributed by atoms with Crippen molar-refractivity contribution in [3.8, 4) is 5.69 Å². The second-order valence-corrected chi connectivity index (χ2v) is 5.62. The number of nitrogens with zero attached hydrogens (tertiary/aromatic N) is 2. The van der Waals surface area contributed by atoms with E-state index in [9.17, 15) is 9.90 Å². The van der Waals surface area contributed by atoms with E-state index in [1.54, 1.807) is 16.8 Å². The number of amides is 1. The van der Waals surface area contributed by atoms with Crippen molar-refractivity contribution in [2.75, 3.05) is 6.54 Å². The minimum Gasteiger partial charge on any atom is -0.391 e. The van der Waals surface area contributed by atoms with Gasteiger partial charge in [0.25, 0.3) is 5.91 Å². The van der Waals surface area contributed by atoms with Crippen LogP contribution in [0.2, 0.25) is 5.02 Å². The molecule has 0 aliphatic heterocycles. The van der Waals surface area contributed by atoms with Gasteiger partial charge in [0.1, 0.15) is 0 Å². The van der Waals surface area contributed by atoms with Gasteiger partial charge in [-0.1, -0.05) is 31.0 Å². The van der Waals surface area contributed by atoms with Crippen LogP contribution in [-0.2, 0) is 0 Å². The molecule has 2 N–H and O–H groups in total. The number of benzene rings is 1. The summed E-state index contributed by atoms with van der Waals surface area (Å²) in [7, 11) is 0. The SMILES string of the molecule is CCCC(O)CNC(=O)c1cnn(-c2cccc(Cl)c2)c1C. The van der Waals surface area contributed by atoms with Crippen molar-refractivity contribution >= 4 is 17.5 Å². The van der Waals surface area contributed by atoms with Gasteiger partial charge in [-0.25, -0.2) is 4.68 Å². The average Bonchev–Trinajstić information content (AvgIpc) is 2.87. The number of aliphatic hydroxyl groups excluding tert-OH is 1. The number of carbonyl (C=O) groups is 1. The van der Waals surface area contributed by atoms with Crippen molar-refractivity contribution in [2.45, 2.75) is 32.8 Å². The van der Waals surface area contributed by atoms with E-state index in [0.717, 1.165) is 17.8 Å². The quantitative estimate of drug-likeness (QED) is 0.859. The fourth-order valence-corrected chi connectivity index (χ4v) is 2.43. The topological polar surface area (TPSA) is 67.2 Å². The Bertz CT molecular complexity index is 655. The molecule has 0 fully saturated rings. The van der Waals surface area contributed by atoms with Crippen LogP contribution in [0.5, 0.6) is 0 Å². The number of carbonyl (C=O) groups excluding carboxylic acids is 1. The molecule has 0 radical (unpaired) electrons. The standard InChI is InChI=1S/C16H20ClN3O2/c1-3-5-14(21)9-18-16(22)15-10-19-20(11(15)2)13-7-4-6-12(17)8-13/h4,6-8,10,14,21H,3,5,9H2,1-2H3,(H,18,22). The van der Waals surface area contributed by atoms with Crippen LogP contribution in [0.25, 0.3) is 5.69 Å². The van der Waals surface area contributed by atoms with Crippen LogP contribution in [0.4, 0.5) is 0 Å². The van der Waals surface area contributed by atoms with Crippen molar-refractivity contribution in [3.63, 3.8) is 0 Å². The van der Waals surface area contributed by atoms with E-state index in [1.807, 2.05) is 26.0 Å². The maximum Gasteiger partial charge on any atom is 0.254 e. The fourth-order valence-electron chi connectivity index (χ4n) is 2.24. The number of aliphatic hydroxyl groups is 1. The predicted octanol–water partition coefficient (Wildman–Crippen LogP) is 2.72. The zero-order chi connectivity index (χ0) is 16.1. The lowest BCUT2D eigenvalue weighted by Gasteiger charge is -2.10. The Kier molecular flexibility index (Phi) is 5.57. The molecule has 1 atom stereocenters. The lowest BCUT2D eigenvalue weighted by molar-refractivity contribution is 0.0909. The normalized spacial score (nSPS) is 12.2. The molecule has 0 bridgehead atoms. The van der Waals surface area contributed by atoms with Gasteiger partial charge in [0.05, 0.1) is 29.2 Å². The molecule has 0 saturated carbocycles. The molecule has 5 nitrogen and oxygen atoms in total. The fraction of sp³-hybridized carbons (Fsp3) is 0.375. The molecular weight excluding hydrogens is 302 g/mol. The lowest BCUT2D eigenvalue weighted by atomic mass is 10.2. The van der Waals surface area contributed by atoms with Crippen molar-refractivity contribution in [3.05, 3.63) is 46.7 Å². The maximum absolute atomic E-state index is 12.2. The van der Waals surface area contributed by atoms with Gasteiger partial charge in [-0.2, -0.15) is 5.10 Å². The predicted molar refractivity (Wildman–Crippen MR) is 86.6 cm³/mol. The molecule has 22 heavy (non-hydrogen) atoms. The summed E-state index contributed by atoms with van der Waals surface area (Å²) in [5.41, 5.74) is 2.02. The number of rotatable bonds is 6. The molecule has 0 saturated heterocycles. The third-order valence-corrected chi connectivity index (χ3v) is 3.66. The van der Waals surface area contributed by atoms with Crippen LogP contribution in [-0.4, -0.2) is 33.4 Å². The lowest BCUT2D eigenvalue weighted by Crippen LogP contribution is -2.32. The van der Waals surface area contributed by atoms with Gasteiger partial charge in [0, 0.05) is 11.6 Å². The summed E-state index contributed by atoms with van der Waals surface area (Å²) in [5, 5.41) is 17.3. The Hall–Kier alpha value is -1.85. The van der Waals surface area contributed by atoms with E-state index in [2.05, 4.69) is 10.4 Å². The molecule has 2 aromatic rings. The Labute approximate surface area is 134 Å². The molecule has 0 aliphatic carbocycles. The van der Waals surface area contributed by atoms with E-state index < -0.39 is 6.10 Å². The molecule has 1 aromatic heterocycles. The van der Waals surface area contributed by atoms with Gasteiger partial charge < -0.3 is 10.4 Å². The average molecular weight is 322 g/mol. The summed E-state index contributed by atoms with van der Waals surface area (Å²) in [6.45, 7) is 4.06. The minimum atomic E-state index is -0.516. The highest BCUT2D eigenvalue weighted by Gasteiger charge is 2.16. The number of hydrogen-bond donors (Lipinski definition) is 2. The molecule has 0 spiro atoms. The van der Waals surface area contributed by atoms with Gasteiger partial charge >= 0.3 is 0 Å². The van der Waals surface area contributed by atoms with Crippen LogP contribution in [0.15, 0.2) is 30.5 Å². The van der Waals surface area contributed by atoms with Crippen LogP contribution in [0.3, 0.4) is 0 Å². The molecule has 0 aliphatic rings. The summed E-state index contributed by atoms with van der Waals surface area (Å²) < 4.78 is 1.67. The Morgan fingerprint density at radius 2 is 2.27 bits per heavy atom. The number of nitrogens with one attached hydrogen (secondary N) is 1. The Balaban J connectivity index is 2.12. The molecular formula is C16H20ClN3O2. The van der Waals surface area contributed by atoms with Crippen LogP contribution < -0.4 is 5.32 Å². The highest BCUT2D eigenvalue weighted by Crippen LogP contribution is 2.17. The largest absolute Gasteiger partial charge is 0.391 e. The van der Waals surface area contributed by atoms with Gasteiger partial charge in [-0.15, -0.1) is 0 Å². The summed E-state index contributed by atoms with van der Waals surface area (Å²) in [6, 6.07) is 7.28. The number of halogens is 1. The second kappa shape index (κ2) is 7.42. The van der Waals surface area contributed by atoms with E-state index in [4.69, 9.17) is 11.6 Å². The van der Waals surface area contributed by atoms with Gasteiger partial charge in [0.15, 0.2) is 0 Å². The van der Waals surface area contributed by atoms with Gasteiger partial charge in [0.2, 0.25) is 0 Å². The zero-order valence-electron chi connectivity index (χ0n) is 12.7. The first-order chi connectivity index (χ1) is 10.5. The van der Waals surface area contributed by atoms with E-state index in [0.29, 0.717) is 17.0 Å². The maximum atomic E-state index is 12.2. The van der Waals surface area contributed by atoms with Crippen LogP contribution in [0.1, 0.15) is 35.8 Å². The van der Waals surface area contributed by atoms with Crippen molar-refractivity contribution in [2.24, 2.45) is 0 Å². The first-order valence-electron chi connectivity index (χ1n) is 7.29. The highest BCUT2D eigenvalue weighted by molar-refractivity contribution is 6.30. The molecule has 1 amide bonds. The summed E-state index contributed by atoms with van der Waals surface area (Å²) in [4.78, 5) is 12.2. The first kappa shape index (κ1) is 16.5. The van der Waals surface area contributed by atoms with Crippen molar-refractivity contribution in [1.29, 1.82) is 0 Å². The molecule has 118 valence electrons. The number of aromatic nitrogens is 2. The summed E-state index contributed by atoms with van der Waals surface area (Å²) in [5.74, 6) is -0.235. The van der Waals surface area contributed by atoms with Crippen molar-refractivity contribution in [1.82, 2.24) is 15.1 Å². The minimum absolute atomic E-state index is 0.235. The van der Waals surface area contributed by atoms with Crippen LogP contribution in [0, 0.1) is 6.92 Å². The van der Waals surface area contributed by atoms with Gasteiger partial charge in [-0.05, 0) is 31.5 Å². The van der Waals surface area contributed by atoms with E-state index in [-0.39, 0.29) is 12.5 Å². The third-order valence-electron chi connectivity index (χ3n) is 3.43. The Morgan fingerprint density at radius 1 is 1.50 bits per heavy atom. The summed E-state index contributed by atoms with van der Waals surface area (Å²) >= 11 is 5.98. The second-order valence-electron chi connectivity index (χ2n) is 5.19. The highest BCUT2D eigenvalue weighted by atomic mass is 35.5. The molecule has 1 heterocycles. The van der Waals surface area contributed by atoms with Gasteiger partial charge in [-0.3, -0.25) is 4.79 Å². The van der Waals surface area contributed by atoms with E-state index >= 15 is 0 Å².